The van der Waals surface area contributed by atoms with Gasteiger partial charge in [-0.3, -0.25) is 10.1 Å². The number of likely N-dealkylation sites (N-methyl/N-ethyl adjacent to an activating group) is 1. The van der Waals surface area contributed by atoms with E-state index in [-0.39, 0.29) is 18.0 Å². The van der Waals surface area contributed by atoms with Gasteiger partial charge in [-0.15, -0.1) is 11.3 Å². The monoisotopic (exact) mass is 288 g/mol. The summed E-state index contributed by atoms with van der Waals surface area (Å²) >= 11 is 1.70. The number of hydrogen-bond acceptors (Lipinski definition) is 3. The maximum atomic E-state index is 11.9. The highest BCUT2D eigenvalue weighted by Gasteiger charge is 2.20. The molecule has 0 saturated heterocycles. The first-order valence-corrected chi connectivity index (χ1v) is 7.72. The van der Waals surface area contributed by atoms with Crippen LogP contribution in [0.4, 0.5) is 0 Å². The zero-order valence-corrected chi connectivity index (χ0v) is 12.6. The van der Waals surface area contributed by atoms with Gasteiger partial charge in [0.05, 0.1) is 12.1 Å². The fourth-order valence-corrected chi connectivity index (χ4v) is 2.91. The van der Waals surface area contributed by atoms with Gasteiger partial charge < -0.3 is 5.32 Å². The number of benzene rings is 1. The third-order valence-electron chi connectivity index (χ3n) is 3.12. The predicted molar refractivity (Wildman–Crippen MR) is 83.9 cm³/mol. The van der Waals surface area contributed by atoms with Crippen molar-refractivity contribution >= 4 is 17.2 Å². The van der Waals surface area contributed by atoms with Gasteiger partial charge in [0.2, 0.25) is 5.91 Å². The molecule has 0 radical (unpaired) electrons. The lowest BCUT2D eigenvalue weighted by molar-refractivity contribution is -0.122. The van der Waals surface area contributed by atoms with Gasteiger partial charge in [-0.25, -0.2) is 0 Å². The topological polar surface area (TPSA) is 41.1 Å². The highest BCUT2D eigenvalue weighted by atomic mass is 32.1. The number of carbonyl (C=O) groups is 1. The van der Waals surface area contributed by atoms with E-state index in [4.69, 9.17) is 0 Å². The van der Waals surface area contributed by atoms with Crippen LogP contribution in [0.25, 0.3) is 0 Å². The molecule has 0 fully saturated rings. The summed E-state index contributed by atoms with van der Waals surface area (Å²) in [4.78, 5) is 13.1. The normalized spacial score (nSPS) is 13.7. The van der Waals surface area contributed by atoms with Crippen LogP contribution < -0.4 is 10.6 Å². The van der Waals surface area contributed by atoms with Gasteiger partial charge in [0.25, 0.3) is 0 Å². The molecule has 0 unspecified atom stereocenters. The van der Waals surface area contributed by atoms with Crippen molar-refractivity contribution in [1.29, 1.82) is 0 Å². The molecule has 2 atom stereocenters. The minimum absolute atomic E-state index is 0.0324. The smallest absolute Gasteiger partial charge is 0.236 e. The lowest BCUT2D eigenvalue weighted by Crippen LogP contribution is -2.43. The van der Waals surface area contributed by atoms with Gasteiger partial charge >= 0.3 is 0 Å². The van der Waals surface area contributed by atoms with Gasteiger partial charge in [0.1, 0.15) is 0 Å². The molecule has 2 N–H and O–H groups in total. The summed E-state index contributed by atoms with van der Waals surface area (Å²) in [7, 11) is 0. The van der Waals surface area contributed by atoms with Crippen molar-refractivity contribution in [3.63, 3.8) is 0 Å². The summed E-state index contributed by atoms with van der Waals surface area (Å²) in [5.74, 6) is 0.0324. The van der Waals surface area contributed by atoms with Crippen molar-refractivity contribution < 1.29 is 4.79 Å². The summed E-state index contributed by atoms with van der Waals surface area (Å²) in [6, 6.07) is 14.2. The number of thiophene rings is 1. The Balaban J connectivity index is 2.18. The zero-order chi connectivity index (χ0) is 14.4. The van der Waals surface area contributed by atoms with E-state index in [0.717, 1.165) is 0 Å². The van der Waals surface area contributed by atoms with Crippen molar-refractivity contribution in [2.45, 2.75) is 25.9 Å². The predicted octanol–water partition coefficient (Wildman–Crippen LogP) is 2.95. The molecule has 0 bridgehead atoms. The molecule has 2 aromatic rings. The number of rotatable bonds is 6. The van der Waals surface area contributed by atoms with Crippen molar-refractivity contribution in [2.24, 2.45) is 0 Å². The van der Waals surface area contributed by atoms with Crippen molar-refractivity contribution in [3.05, 3.63) is 58.3 Å². The number of nitrogens with one attached hydrogen (secondary N) is 2. The molecule has 1 aromatic carbocycles. The van der Waals surface area contributed by atoms with E-state index in [9.17, 15) is 4.79 Å². The van der Waals surface area contributed by atoms with Gasteiger partial charge in [0.15, 0.2) is 0 Å². The average Bonchev–Trinajstić information content (AvgIpc) is 2.99. The Labute approximate surface area is 124 Å². The molecule has 20 heavy (non-hydrogen) atoms. The van der Waals surface area contributed by atoms with E-state index in [2.05, 4.69) is 34.2 Å². The van der Waals surface area contributed by atoms with Gasteiger partial charge in [0, 0.05) is 11.4 Å². The zero-order valence-electron chi connectivity index (χ0n) is 11.8. The minimum atomic E-state index is -0.234. The maximum absolute atomic E-state index is 11.9. The molecule has 0 aliphatic heterocycles. The van der Waals surface area contributed by atoms with Crippen LogP contribution in [0.5, 0.6) is 0 Å². The Morgan fingerprint density at radius 3 is 2.55 bits per heavy atom. The Morgan fingerprint density at radius 1 is 1.20 bits per heavy atom. The standard InChI is InChI=1S/C16H20N2OS/c1-3-17-16(19)12(2)18-15(14-10-7-11-20-14)13-8-5-4-6-9-13/h4-12,15,18H,3H2,1-2H3,(H,17,19)/t12-,15+/m1/s1. The molecule has 0 spiro atoms. The summed E-state index contributed by atoms with van der Waals surface area (Å²) in [5.41, 5.74) is 1.17. The Morgan fingerprint density at radius 2 is 1.95 bits per heavy atom. The molecule has 2 rings (SSSR count). The summed E-state index contributed by atoms with van der Waals surface area (Å²) in [5, 5.41) is 8.33. The fraction of sp³-hybridized carbons (Fsp3) is 0.312. The maximum Gasteiger partial charge on any atom is 0.236 e. The first kappa shape index (κ1) is 14.8. The average molecular weight is 288 g/mol. The van der Waals surface area contributed by atoms with Crippen molar-refractivity contribution in [2.75, 3.05) is 6.54 Å². The lowest BCUT2D eigenvalue weighted by Gasteiger charge is -2.22. The molecule has 1 aromatic heterocycles. The molecule has 106 valence electrons. The molecular weight excluding hydrogens is 268 g/mol. The van der Waals surface area contributed by atoms with Crippen LogP contribution in [0.3, 0.4) is 0 Å². The quantitative estimate of drug-likeness (QED) is 0.858. The Hall–Kier alpha value is -1.65. The van der Waals surface area contributed by atoms with Crippen molar-refractivity contribution in [1.82, 2.24) is 10.6 Å². The SMILES string of the molecule is CCNC(=O)[C@@H](C)N[C@@H](c1ccccc1)c1cccs1. The lowest BCUT2D eigenvalue weighted by atomic mass is 10.0. The first-order chi connectivity index (χ1) is 9.72. The highest BCUT2D eigenvalue weighted by Crippen LogP contribution is 2.26. The van der Waals surface area contributed by atoms with Crippen LogP contribution in [-0.2, 0) is 4.79 Å². The molecule has 1 amide bonds. The van der Waals surface area contributed by atoms with Gasteiger partial charge in [-0.05, 0) is 30.9 Å². The van der Waals surface area contributed by atoms with E-state index in [1.54, 1.807) is 11.3 Å². The molecule has 1 heterocycles. The molecular formula is C16H20N2OS. The number of carbonyl (C=O) groups excluding carboxylic acids is 1. The molecule has 0 saturated carbocycles. The fourth-order valence-electron chi connectivity index (χ4n) is 2.10. The van der Waals surface area contributed by atoms with Crippen LogP contribution in [0, 0.1) is 0 Å². The number of hydrogen-bond donors (Lipinski definition) is 2. The van der Waals surface area contributed by atoms with Gasteiger partial charge in [-0.2, -0.15) is 0 Å². The van der Waals surface area contributed by atoms with E-state index in [1.165, 1.54) is 10.4 Å². The van der Waals surface area contributed by atoms with E-state index >= 15 is 0 Å². The summed E-state index contributed by atoms with van der Waals surface area (Å²) in [6.45, 7) is 4.48. The van der Waals surface area contributed by atoms with Crippen molar-refractivity contribution in [3.8, 4) is 0 Å². The molecule has 0 aliphatic carbocycles. The first-order valence-electron chi connectivity index (χ1n) is 6.84. The Kier molecular flexibility index (Phi) is 5.32. The summed E-state index contributed by atoms with van der Waals surface area (Å²) in [6.07, 6.45) is 0. The van der Waals surface area contributed by atoms with E-state index in [1.807, 2.05) is 38.1 Å². The van der Waals surface area contributed by atoms with Crippen LogP contribution in [-0.4, -0.2) is 18.5 Å². The third-order valence-corrected chi connectivity index (χ3v) is 4.06. The van der Waals surface area contributed by atoms with Gasteiger partial charge in [-0.1, -0.05) is 36.4 Å². The second-order valence-corrected chi connectivity index (χ2v) is 5.62. The third kappa shape index (κ3) is 3.68. The Bertz CT molecular complexity index is 525. The van der Waals surface area contributed by atoms with Crippen LogP contribution in [0.2, 0.25) is 0 Å². The second kappa shape index (κ2) is 7.22. The minimum Gasteiger partial charge on any atom is -0.355 e. The summed E-state index contributed by atoms with van der Waals surface area (Å²) < 4.78 is 0. The van der Waals surface area contributed by atoms with E-state index < -0.39 is 0 Å². The number of amides is 1. The van der Waals surface area contributed by atoms with Crippen LogP contribution in [0.1, 0.15) is 30.3 Å². The molecule has 3 nitrogen and oxygen atoms in total. The van der Waals surface area contributed by atoms with Crippen LogP contribution >= 0.6 is 11.3 Å². The van der Waals surface area contributed by atoms with E-state index in [0.29, 0.717) is 6.54 Å². The molecule has 0 aliphatic rings. The molecule has 4 heteroatoms. The largest absolute Gasteiger partial charge is 0.355 e. The second-order valence-electron chi connectivity index (χ2n) is 4.64. The van der Waals surface area contributed by atoms with Crippen LogP contribution in [0.15, 0.2) is 47.8 Å². The highest BCUT2D eigenvalue weighted by molar-refractivity contribution is 7.10.